The topological polar surface area (TPSA) is 85.2 Å². The lowest BCUT2D eigenvalue weighted by Gasteiger charge is -2.20. The number of carbonyl (C=O) groups excluding carboxylic acids is 2. The summed E-state index contributed by atoms with van der Waals surface area (Å²) in [7, 11) is 1.64. The van der Waals surface area contributed by atoms with Gasteiger partial charge in [0, 0.05) is 43.2 Å². The third-order valence-electron chi connectivity index (χ3n) is 6.40. The fourth-order valence-corrected chi connectivity index (χ4v) is 5.24. The maximum Gasteiger partial charge on any atom is 0.252 e. The standard InChI is InChI=1S/C28H40N4O3S/c1-6-21(7-2)32-25-12-11-20(17-23(25)30-26(32)18-22-10-8-15-36-22)27(33)31-24(16-19(3)4)28(34)29-13-9-14-35-5/h8,10-12,15,17,19,21,24H,6-7,9,13-14,16,18H2,1-5H3,(H,29,34)(H,31,33)/t24-/m0/s1. The van der Waals surface area contributed by atoms with E-state index in [9.17, 15) is 9.59 Å². The van der Waals surface area contributed by atoms with Gasteiger partial charge in [-0.15, -0.1) is 11.3 Å². The van der Waals surface area contributed by atoms with Crippen LogP contribution in [-0.4, -0.2) is 47.7 Å². The molecule has 0 unspecified atom stereocenters. The maximum absolute atomic E-state index is 13.2. The molecule has 8 heteroatoms. The smallest absolute Gasteiger partial charge is 0.252 e. The highest BCUT2D eigenvalue weighted by atomic mass is 32.1. The molecule has 36 heavy (non-hydrogen) atoms. The Morgan fingerprint density at radius 1 is 1.17 bits per heavy atom. The molecule has 0 saturated heterocycles. The molecule has 3 rings (SSSR count). The van der Waals surface area contributed by atoms with Crippen molar-refractivity contribution in [3.05, 3.63) is 52.0 Å². The van der Waals surface area contributed by atoms with E-state index in [4.69, 9.17) is 9.72 Å². The second-order valence-electron chi connectivity index (χ2n) is 9.62. The number of rotatable bonds is 14. The molecular formula is C28H40N4O3S. The Hall–Kier alpha value is -2.71. The van der Waals surface area contributed by atoms with Crippen molar-refractivity contribution < 1.29 is 14.3 Å². The molecule has 3 aromatic rings. The molecule has 2 heterocycles. The van der Waals surface area contributed by atoms with E-state index in [1.54, 1.807) is 18.4 Å². The van der Waals surface area contributed by atoms with Crippen molar-refractivity contribution in [2.24, 2.45) is 5.92 Å². The molecule has 1 atom stereocenters. The quantitative estimate of drug-likeness (QED) is 0.285. The van der Waals surface area contributed by atoms with Gasteiger partial charge in [0.1, 0.15) is 11.9 Å². The molecular weight excluding hydrogens is 472 g/mol. The van der Waals surface area contributed by atoms with Crippen molar-refractivity contribution >= 4 is 34.2 Å². The Kier molecular flexibility index (Phi) is 10.5. The Bertz CT molecular complexity index is 1120. The van der Waals surface area contributed by atoms with Crippen LogP contribution in [-0.2, 0) is 16.0 Å². The second-order valence-corrected chi connectivity index (χ2v) is 10.7. The molecule has 0 radical (unpaired) electrons. The first-order valence-corrected chi connectivity index (χ1v) is 13.9. The van der Waals surface area contributed by atoms with Crippen LogP contribution in [0.5, 0.6) is 0 Å². The molecule has 2 N–H and O–H groups in total. The summed E-state index contributed by atoms with van der Waals surface area (Å²) in [6, 6.07) is 9.65. The first kappa shape index (κ1) is 27.9. The summed E-state index contributed by atoms with van der Waals surface area (Å²) in [5.41, 5.74) is 2.37. The van der Waals surface area contributed by atoms with E-state index < -0.39 is 6.04 Å². The summed E-state index contributed by atoms with van der Waals surface area (Å²) in [6.07, 6.45) is 4.09. The van der Waals surface area contributed by atoms with Gasteiger partial charge in [0.25, 0.3) is 5.91 Å². The molecule has 2 aromatic heterocycles. The zero-order valence-electron chi connectivity index (χ0n) is 22.2. The minimum absolute atomic E-state index is 0.162. The molecule has 0 aliphatic heterocycles. The molecule has 0 fully saturated rings. The number of carbonyl (C=O) groups is 2. The second kappa shape index (κ2) is 13.6. The SMILES string of the molecule is CCC(CC)n1c(Cc2cccs2)nc2cc(C(=O)N[C@@H](CC(C)C)C(=O)NCCCOC)ccc21. The van der Waals surface area contributed by atoms with Crippen LogP contribution >= 0.6 is 11.3 Å². The number of hydrogen-bond donors (Lipinski definition) is 2. The third kappa shape index (κ3) is 7.17. The molecule has 2 amide bonds. The van der Waals surface area contributed by atoms with Crippen molar-refractivity contribution in [2.45, 2.75) is 71.9 Å². The van der Waals surface area contributed by atoms with Gasteiger partial charge in [0.2, 0.25) is 5.91 Å². The van der Waals surface area contributed by atoms with Crippen LogP contribution in [0.15, 0.2) is 35.7 Å². The molecule has 0 aliphatic carbocycles. The summed E-state index contributed by atoms with van der Waals surface area (Å²) >= 11 is 1.73. The Balaban J connectivity index is 1.84. The van der Waals surface area contributed by atoms with Gasteiger partial charge < -0.3 is 19.9 Å². The maximum atomic E-state index is 13.2. The van der Waals surface area contributed by atoms with Crippen molar-refractivity contribution in [3.8, 4) is 0 Å². The minimum atomic E-state index is -0.591. The number of benzene rings is 1. The number of fused-ring (bicyclic) bond motifs is 1. The van der Waals surface area contributed by atoms with Crippen LogP contribution in [0.4, 0.5) is 0 Å². The largest absolute Gasteiger partial charge is 0.385 e. The van der Waals surface area contributed by atoms with E-state index in [1.807, 2.05) is 32.0 Å². The van der Waals surface area contributed by atoms with E-state index in [-0.39, 0.29) is 17.7 Å². The lowest BCUT2D eigenvalue weighted by molar-refractivity contribution is -0.123. The van der Waals surface area contributed by atoms with Crippen LogP contribution in [0.1, 0.15) is 80.5 Å². The summed E-state index contributed by atoms with van der Waals surface area (Å²) in [6.45, 7) is 9.59. The average Bonchev–Trinajstić information content (AvgIpc) is 3.49. The lowest BCUT2D eigenvalue weighted by atomic mass is 10.0. The van der Waals surface area contributed by atoms with Crippen LogP contribution in [0.3, 0.4) is 0 Å². The van der Waals surface area contributed by atoms with Gasteiger partial charge in [-0.05, 0) is 61.2 Å². The van der Waals surface area contributed by atoms with Crippen molar-refractivity contribution in [3.63, 3.8) is 0 Å². The van der Waals surface area contributed by atoms with Crippen molar-refractivity contribution in [1.82, 2.24) is 20.2 Å². The fraction of sp³-hybridized carbons (Fsp3) is 0.536. The monoisotopic (exact) mass is 512 g/mol. The molecule has 0 saturated carbocycles. The Labute approximate surface area is 218 Å². The van der Waals surface area contributed by atoms with Gasteiger partial charge in [-0.2, -0.15) is 0 Å². The van der Waals surface area contributed by atoms with Gasteiger partial charge in [0.15, 0.2) is 0 Å². The van der Waals surface area contributed by atoms with E-state index in [2.05, 4.69) is 46.6 Å². The molecule has 0 aliphatic rings. The summed E-state index contributed by atoms with van der Waals surface area (Å²) in [5.74, 6) is 0.863. The highest BCUT2D eigenvalue weighted by molar-refractivity contribution is 7.09. The minimum Gasteiger partial charge on any atom is -0.385 e. The van der Waals surface area contributed by atoms with E-state index in [0.717, 1.165) is 42.5 Å². The summed E-state index contributed by atoms with van der Waals surface area (Å²) < 4.78 is 7.39. The number of nitrogens with one attached hydrogen (secondary N) is 2. The van der Waals surface area contributed by atoms with E-state index in [1.165, 1.54) is 4.88 Å². The highest BCUT2D eigenvalue weighted by Gasteiger charge is 2.24. The van der Waals surface area contributed by atoms with Gasteiger partial charge in [-0.1, -0.05) is 33.8 Å². The number of ether oxygens (including phenoxy) is 1. The number of nitrogens with zero attached hydrogens (tertiary/aromatic N) is 2. The van der Waals surface area contributed by atoms with Gasteiger partial charge >= 0.3 is 0 Å². The van der Waals surface area contributed by atoms with Gasteiger partial charge in [-0.25, -0.2) is 4.98 Å². The highest BCUT2D eigenvalue weighted by Crippen LogP contribution is 2.28. The number of thiophene rings is 1. The van der Waals surface area contributed by atoms with Crippen molar-refractivity contribution in [2.75, 3.05) is 20.3 Å². The lowest BCUT2D eigenvalue weighted by Crippen LogP contribution is -2.47. The van der Waals surface area contributed by atoms with Gasteiger partial charge in [-0.3, -0.25) is 9.59 Å². The fourth-order valence-electron chi connectivity index (χ4n) is 4.54. The normalized spacial score (nSPS) is 12.4. The van der Waals surface area contributed by atoms with Crippen LogP contribution in [0.25, 0.3) is 11.0 Å². The average molecular weight is 513 g/mol. The predicted octanol–water partition coefficient (Wildman–Crippen LogP) is 5.35. The number of hydrogen-bond acceptors (Lipinski definition) is 5. The van der Waals surface area contributed by atoms with Crippen LogP contribution in [0, 0.1) is 5.92 Å². The Morgan fingerprint density at radius 3 is 2.58 bits per heavy atom. The number of amides is 2. The molecule has 0 spiro atoms. The first-order chi connectivity index (χ1) is 17.4. The molecule has 1 aromatic carbocycles. The summed E-state index contributed by atoms with van der Waals surface area (Å²) in [5, 5.41) is 7.96. The van der Waals surface area contributed by atoms with E-state index >= 15 is 0 Å². The molecule has 7 nitrogen and oxygen atoms in total. The summed E-state index contributed by atoms with van der Waals surface area (Å²) in [4.78, 5) is 32.2. The van der Waals surface area contributed by atoms with Gasteiger partial charge in [0.05, 0.1) is 11.0 Å². The predicted molar refractivity (Wildman–Crippen MR) is 147 cm³/mol. The number of aromatic nitrogens is 2. The Morgan fingerprint density at radius 2 is 1.94 bits per heavy atom. The number of methoxy groups -OCH3 is 1. The zero-order valence-corrected chi connectivity index (χ0v) is 23.0. The van der Waals surface area contributed by atoms with Crippen LogP contribution in [0.2, 0.25) is 0 Å². The van der Waals surface area contributed by atoms with E-state index in [0.29, 0.717) is 31.2 Å². The zero-order chi connectivity index (χ0) is 26.1. The van der Waals surface area contributed by atoms with Crippen molar-refractivity contribution in [1.29, 1.82) is 0 Å². The number of imidazole rings is 1. The molecule has 196 valence electrons. The third-order valence-corrected chi connectivity index (χ3v) is 7.27. The molecule has 0 bridgehead atoms. The first-order valence-electron chi connectivity index (χ1n) is 13.0. The van der Waals surface area contributed by atoms with Crippen LogP contribution < -0.4 is 10.6 Å².